The zero-order chi connectivity index (χ0) is 24.6. The average Bonchev–Trinajstić information content (AvgIpc) is 3.24. The molecule has 5 rings (SSSR count). The van der Waals surface area contributed by atoms with E-state index in [0.717, 1.165) is 27.6 Å². The molecule has 35 heavy (non-hydrogen) atoms. The smallest absolute Gasteiger partial charge is 0.324 e. The van der Waals surface area contributed by atoms with E-state index in [2.05, 4.69) is 11.1 Å². The molecular formula is C29H27NO5. The number of aryl methyl sites for hydroxylation is 1. The van der Waals surface area contributed by atoms with Crippen molar-refractivity contribution in [1.29, 1.82) is 0 Å². The number of benzene rings is 3. The molecule has 6 heteroatoms. The Bertz CT molecular complexity index is 1380. The minimum Gasteiger partial charge on any atom is -0.489 e. The van der Waals surface area contributed by atoms with Crippen molar-refractivity contribution in [2.75, 3.05) is 0 Å². The van der Waals surface area contributed by atoms with E-state index >= 15 is 0 Å². The number of hydrogen-bond donors (Lipinski definition) is 1. The van der Waals surface area contributed by atoms with Gasteiger partial charge in [-0.3, -0.25) is 9.59 Å². The number of nitrogens with one attached hydrogen (secondary N) is 1. The summed E-state index contributed by atoms with van der Waals surface area (Å²) < 4.78 is 17.3. The zero-order valence-corrected chi connectivity index (χ0v) is 19.9. The van der Waals surface area contributed by atoms with Gasteiger partial charge >= 0.3 is 11.9 Å². The maximum atomic E-state index is 13.2. The molecule has 1 aliphatic heterocycles. The number of carbonyl (C=O) groups is 2. The molecule has 0 bridgehead atoms. The van der Waals surface area contributed by atoms with Crippen LogP contribution in [-0.2, 0) is 25.7 Å². The fraction of sp³-hybridized carbons (Fsp3) is 0.241. The molecule has 0 amide bonds. The van der Waals surface area contributed by atoms with Crippen LogP contribution in [0.1, 0.15) is 42.0 Å². The summed E-state index contributed by atoms with van der Waals surface area (Å²) in [5, 5.41) is 0.913. The molecule has 6 nitrogen and oxygen atoms in total. The van der Waals surface area contributed by atoms with E-state index < -0.39 is 29.6 Å². The van der Waals surface area contributed by atoms with Gasteiger partial charge in [0.25, 0.3) is 5.79 Å². The van der Waals surface area contributed by atoms with Gasteiger partial charge in [0.2, 0.25) is 0 Å². The maximum Gasteiger partial charge on any atom is 0.324 e. The second-order valence-electron chi connectivity index (χ2n) is 9.30. The number of cyclic esters (lactones) is 2. The van der Waals surface area contributed by atoms with E-state index in [1.807, 2.05) is 79.9 Å². The molecule has 1 saturated heterocycles. The number of aromatic nitrogens is 1. The zero-order valence-electron chi connectivity index (χ0n) is 19.9. The molecule has 0 saturated carbocycles. The van der Waals surface area contributed by atoms with Crippen molar-refractivity contribution in [2.45, 2.75) is 39.1 Å². The van der Waals surface area contributed by atoms with Crippen LogP contribution in [0.3, 0.4) is 0 Å². The van der Waals surface area contributed by atoms with Crippen molar-refractivity contribution in [3.63, 3.8) is 0 Å². The Morgan fingerprint density at radius 2 is 1.63 bits per heavy atom. The quantitative estimate of drug-likeness (QED) is 0.292. The van der Waals surface area contributed by atoms with E-state index in [-0.39, 0.29) is 0 Å². The topological polar surface area (TPSA) is 77.6 Å². The van der Waals surface area contributed by atoms with Gasteiger partial charge < -0.3 is 19.2 Å². The first-order chi connectivity index (χ1) is 16.8. The van der Waals surface area contributed by atoms with Gasteiger partial charge in [0.1, 0.15) is 12.4 Å². The summed E-state index contributed by atoms with van der Waals surface area (Å²) >= 11 is 0. The molecule has 1 aromatic heterocycles. The fourth-order valence-electron chi connectivity index (χ4n) is 4.71. The molecule has 0 radical (unpaired) electrons. The predicted octanol–water partition coefficient (Wildman–Crippen LogP) is 5.64. The van der Waals surface area contributed by atoms with E-state index in [0.29, 0.717) is 17.9 Å². The molecule has 1 N–H and O–H groups in total. The molecule has 178 valence electrons. The van der Waals surface area contributed by atoms with Crippen LogP contribution >= 0.6 is 0 Å². The Kier molecular flexibility index (Phi) is 5.81. The number of aromatic amines is 1. The summed E-state index contributed by atoms with van der Waals surface area (Å²) in [5.41, 5.74) is 4.59. The molecular weight excluding hydrogens is 442 g/mol. The van der Waals surface area contributed by atoms with E-state index in [9.17, 15) is 9.59 Å². The van der Waals surface area contributed by atoms with Crippen LogP contribution in [0.4, 0.5) is 0 Å². The van der Waals surface area contributed by atoms with Gasteiger partial charge in [0, 0.05) is 42.4 Å². The average molecular weight is 470 g/mol. The van der Waals surface area contributed by atoms with E-state index in [1.165, 1.54) is 0 Å². The third kappa shape index (κ3) is 4.52. The first kappa shape index (κ1) is 22.7. The van der Waals surface area contributed by atoms with Crippen LogP contribution in [0, 0.1) is 12.8 Å². The van der Waals surface area contributed by atoms with Gasteiger partial charge in [0.15, 0.2) is 5.92 Å². The lowest BCUT2D eigenvalue weighted by Crippen LogP contribution is -2.48. The Labute approximate surface area is 203 Å². The van der Waals surface area contributed by atoms with Crippen LogP contribution in [-0.4, -0.2) is 22.7 Å². The number of rotatable bonds is 6. The number of H-pyrrole nitrogens is 1. The minimum absolute atomic E-state index is 0.353. The normalized spacial score (nSPS) is 16.5. The largest absolute Gasteiger partial charge is 0.489 e. The molecule has 0 spiro atoms. The number of esters is 2. The summed E-state index contributed by atoms with van der Waals surface area (Å²) in [4.78, 5) is 29.7. The van der Waals surface area contributed by atoms with Crippen LogP contribution < -0.4 is 4.74 Å². The van der Waals surface area contributed by atoms with Crippen LogP contribution in [0.5, 0.6) is 5.75 Å². The highest BCUT2D eigenvalue weighted by Gasteiger charge is 2.49. The van der Waals surface area contributed by atoms with Crippen molar-refractivity contribution in [3.8, 4) is 5.75 Å². The molecule has 0 aliphatic carbocycles. The second kappa shape index (κ2) is 8.95. The lowest BCUT2D eigenvalue weighted by Gasteiger charge is -2.36. The summed E-state index contributed by atoms with van der Waals surface area (Å²) in [5.74, 6) is -3.79. The fourth-order valence-corrected chi connectivity index (χ4v) is 4.71. The first-order valence-corrected chi connectivity index (χ1v) is 11.6. The number of hydrogen-bond acceptors (Lipinski definition) is 5. The maximum absolute atomic E-state index is 13.2. The van der Waals surface area contributed by atoms with E-state index in [4.69, 9.17) is 14.2 Å². The first-order valence-electron chi connectivity index (χ1n) is 11.6. The Hall–Kier alpha value is -4.06. The van der Waals surface area contributed by atoms with Crippen molar-refractivity contribution >= 4 is 22.8 Å². The van der Waals surface area contributed by atoms with Gasteiger partial charge in [-0.25, -0.2) is 0 Å². The molecule has 1 fully saturated rings. The summed E-state index contributed by atoms with van der Waals surface area (Å²) in [6.45, 7) is 5.50. The standard InChI is InChI=1S/C29H27NO5/c1-18-9-8-10-19(15-18)17-33-24-14-7-5-12-21(24)25(22-16-30-23-13-6-4-11-20(22)23)26-27(31)34-29(2,3)35-28(26)32/h4-16,25-26,30H,17H2,1-3H3/t25-/m0/s1. The van der Waals surface area contributed by atoms with Crippen LogP contribution in [0.25, 0.3) is 10.9 Å². The lowest BCUT2D eigenvalue weighted by molar-refractivity contribution is -0.240. The summed E-state index contributed by atoms with van der Waals surface area (Å²) in [7, 11) is 0. The Morgan fingerprint density at radius 3 is 2.40 bits per heavy atom. The third-order valence-corrected chi connectivity index (χ3v) is 6.22. The highest BCUT2D eigenvalue weighted by atomic mass is 16.7. The summed E-state index contributed by atoms with van der Waals surface area (Å²) in [6, 6.07) is 23.4. The number of fused-ring (bicyclic) bond motifs is 1. The van der Waals surface area contributed by atoms with Crippen molar-refractivity contribution < 1.29 is 23.8 Å². The summed E-state index contributed by atoms with van der Waals surface area (Å²) in [6.07, 6.45) is 1.84. The lowest BCUT2D eigenvalue weighted by atomic mass is 9.79. The second-order valence-corrected chi connectivity index (χ2v) is 9.30. The van der Waals surface area contributed by atoms with Gasteiger partial charge in [-0.2, -0.15) is 0 Å². The molecule has 3 aromatic carbocycles. The van der Waals surface area contributed by atoms with Crippen molar-refractivity contribution in [2.24, 2.45) is 5.92 Å². The van der Waals surface area contributed by atoms with Crippen LogP contribution in [0.2, 0.25) is 0 Å². The Balaban J connectivity index is 1.60. The molecule has 1 aliphatic rings. The van der Waals surface area contributed by atoms with Crippen molar-refractivity contribution in [1.82, 2.24) is 4.98 Å². The highest BCUT2D eigenvalue weighted by Crippen LogP contribution is 2.43. The predicted molar refractivity (Wildman–Crippen MR) is 132 cm³/mol. The van der Waals surface area contributed by atoms with Crippen molar-refractivity contribution in [3.05, 3.63) is 101 Å². The third-order valence-electron chi connectivity index (χ3n) is 6.22. The molecule has 2 heterocycles. The number of ether oxygens (including phenoxy) is 3. The number of para-hydroxylation sites is 2. The van der Waals surface area contributed by atoms with Gasteiger partial charge in [-0.15, -0.1) is 0 Å². The van der Waals surface area contributed by atoms with Gasteiger partial charge in [-0.1, -0.05) is 66.2 Å². The van der Waals surface area contributed by atoms with Crippen LogP contribution in [0.15, 0.2) is 79.0 Å². The molecule has 1 atom stereocenters. The Morgan fingerprint density at radius 1 is 0.914 bits per heavy atom. The molecule has 0 unspecified atom stereocenters. The van der Waals surface area contributed by atoms with Gasteiger partial charge in [-0.05, 0) is 30.2 Å². The minimum atomic E-state index is -1.31. The highest BCUT2D eigenvalue weighted by molar-refractivity contribution is 5.99. The van der Waals surface area contributed by atoms with Gasteiger partial charge in [0.05, 0.1) is 0 Å². The number of carbonyl (C=O) groups excluding carboxylic acids is 2. The SMILES string of the molecule is Cc1cccc(COc2ccccc2[C@@H](c2c[nH]c3ccccc23)C2C(=O)OC(C)(C)OC2=O)c1. The monoisotopic (exact) mass is 469 g/mol. The van der Waals surface area contributed by atoms with E-state index in [1.54, 1.807) is 13.8 Å². The molecule has 4 aromatic rings.